The summed E-state index contributed by atoms with van der Waals surface area (Å²) in [4.78, 5) is 0. The maximum absolute atomic E-state index is 5.27. The third-order valence-corrected chi connectivity index (χ3v) is 3.63. The number of hydrogen-bond acceptors (Lipinski definition) is 2. The molecule has 1 aliphatic carbocycles. The summed E-state index contributed by atoms with van der Waals surface area (Å²) < 4.78 is 5.27. The van der Waals surface area contributed by atoms with Gasteiger partial charge in [-0.3, -0.25) is 0 Å². The minimum Gasteiger partial charge on any atom is -0.497 e. The second-order valence-corrected chi connectivity index (χ2v) is 5.15. The van der Waals surface area contributed by atoms with Gasteiger partial charge in [-0.05, 0) is 55.0 Å². The first-order valence-electron chi connectivity index (χ1n) is 5.97. The Morgan fingerprint density at radius 1 is 1.35 bits per heavy atom. The predicted octanol–water partition coefficient (Wildman–Crippen LogP) is 2.83. The minimum atomic E-state index is 0. The van der Waals surface area contributed by atoms with Crippen LogP contribution in [0.15, 0.2) is 18.2 Å². The lowest BCUT2D eigenvalue weighted by Crippen LogP contribution is -2.35. The van der Waals surface area contributed by atoms with Gasteiger partial charge in [0.2, 0.25) is 0 Å². The molecule has 0 saturated carbocycles. The van der Waals surface area contributed by atoms with Crippen LogP contribution in [0.2, 0.25) is 0 Å². The van der Waals surface area contributed by atoms with Gasteiger partial charge in [-0.15, -0.1) is 12.4 Å². The van der Waals surface area contributed by atoms with E-state index >= 15 is 0 Å². The number of methoxy groups -OCH3 is 1. The largest absolute Gasteiger partial charge is 0.497 e. The van der Waals surface area contributed by atoms with Gasteiger partial charge >= 0.3 is 0 Å². The van der Waals surface area contributed by atoms with E-state index in [-0.39, 0.29) is 12.4 Å². The lowest BCUT2D eigenvalue weighted by atomic mass is 9.73. The minimum absolute atomic E-state index is 0. The van der Waals surface area contributed by atoms with Crippen LogP contribution in [-0.2, 0) is 12.8 Å². The molecule has 2 nitrogen and oxygen atoms in total. The maximum atomic E-state index is 5.27. The molecule has 0 fully saturated rings. The van der Waals surface area contributed by atoms with Gasteiger partial charge in [0.05, 0.1) is 7.11 Å². The van der Waals surface area contributed by atoms with E-state index in [0.717, 1.165) is 12.3 Å². The van der Waals surface area contributed by atoms with Gasteiger partial charge in [-0.2, -0.15) is 0 Å². The van der Waals surface area contributed by atoms with E-state index in [1.54, 1.807) is 7.11 Å². The highest BCUT2D eigenvalue weighted by Gasteiger charge is 2.29. The highest BCUT2D eigenvalue weighted by molar-refractivity contribution is 5.85. The van der Waals surface area contributed by atoms with Crippen molar-refractivity contribution < 1.29 is 4.74 Å². The van der Waals surface area contributed by atoms with Crippen molar-refractivity contribution in [2.75, 3.05) is 20.7 Å². The Morgan fingerprint density at radius 3 is 2.76 bits per heavy atom. The van der Waals surface area contributed by atoms with Crippen LogP contribution in [0.1, 0.15) is 24.5 Å². The lowest BCUT2D eigenvalue weighted by molar-refractivity contribution is 0.271. The molecule has 1 aromatic rings. The predicted molar refractivity (Wildman–Crippen MR) is 74.3 cm³/mol. The first-order chi connectivity index (χ1) is 7.67. The lowest BCUT2D eigenvalue weighted by Gasteiger charge is -2.35. The highest BCUT2D eigenvalue weighted by atomic mass is 35.5. The smallest absolute Gasteiger partial charge is 0.119 e. The third kappa shape index (κ3) is 3.14. The molecule has 3 heteroatoms. The Labute approximate surface area is 110 Å². The number of rotatable bonds is 3. The Morgan fingerprint density at radius 2 is 2.12 bits per heavy atom. The van der Waals surface area contributed by atoms with Crippen LogP contribution in [0.25, 0.3) is 0 Å². The summed E-state index contributed by atoms with van der Waals surface area (Å²) in [7, 11) is 3.77. The van der Waals surface area contributed by atoms with E-state index in [9.17, 15) is 0 Å². The number of benzene rings is 1. The van der Waals surface area contributed by atoms with Gasteiger partial charge in [0.1, 0.15) is 5.75 Å². The van der Waals surface area contributed by atoms with E-state index in [1.165, 1.54) is 30.4 Å². The summed E-state index contributed by atoms with van der Waals surface area (Å²) in [6, 6.07) is 6.49. The van der Waals surface area contributed by atoms with Crippen LogP contribution in [0.3, 0.4) is 0 Å². The summed E-state index contributed by atoms with van der Waals surface area (Å²) in [6.45, 7) is 3.47. The van der Waals surface area contributed by atoms with Crippen molar-refractivity contribution >= 4 is 12.4 Å². The molecule has 0 heterocycles. The van der Waals surface area contributed by atoms with Crippen molar-refractivity contribution in [3.63, 3.8) is 0 Å². The van der Waals surface area contributed by atoms with Gasteiger partial charge < -0.3 is 10.1 Å². The second kappa shape index (κ2) is 5.74. The molecule has 0 saturated heterocycles. The van der Waals surface area contributed by atoms with E-state index in [0.29, 0.717) is 5.41 Å². The summed E-state index contributed by atoms with van der Waals surface area (Å²) in [5, 5.41) is 3.31. The number of ether oxygens (including phenoxy) is 1. The summed E-state index contributed by atoms with van der Waals surface area (Å²) in [5.41, 5.74) is 3.37. The zero-order valence-electron chi connectivity index (χ0n) is 10.9. The summed E-state index contributed by atoms with van der Waals surface area (Å²) >= 11 is 0. The molecular weight excluding hydrogens is 234 g/mol. The van der Waals surface area contributed by atoms with Gasteiger partial charge in [0.25, 0.3) is 0 Å². The molecule has 0 bridgehead atoms. The van der Waals surface area contributed by atoms with Crippen molar-refractivity contribution in [2.24, 2.45) is 5.41 Å². The SMILES string of the molecule is CNCC1(C)CCc2cc(OC)ccc2C1.Cl. The number of hydrogen-bond donors (Lipinski definition) is 1. The molecule has 0 amide bonds. The van der Waals surface area contributed by atoms with Gasteiger partial charge in [-0.1, -0.05) is 13.0 Å². The molecule has 0 aromatic heterocycles. The highest BCUT2D eigenvalue weighted by Crippen LogP contribution is 2.36. The van der Waals surface area contributed by atoms with Gasteiger partial charge in [-0.25, -0.2) is 0 Å². The zero-order chi connectivity index (χ0) is 11.6. The first-order valence-corrected chi connectivity index (χ1v) is 5.97. The van der Waals surface area contributed by atoms with Crippen molar-refractivity contribution in [1.82, 2.24) is 5.32 Å². The molecular formula is C14H22ClNO. The molecule has 17 heavy (non-hydrogen) atoms. The molecule has 1 aromatic carbocycles. The van der Waals surface area contributed by atoms with E-state index in [4.69, 9.17) is 4.74 Å². The van der Waals surface area contributed by atoms with Crippen LogP contribution >= 0.6 is 12.4 Å². The molecule has 1 unspecified atom stereocenters. The molecule has 0 aliphatic heterocycles. The van der Waals surface area contributed by atoms with Crippen molar-refractivity contribution in [1.29, 1.82) is 0 Å². The fourth-order valence-corrected chi connectivity index (χ4v) is 2.70. The molecule has 96 valence electrons. The number of nitrogens with one attached hydrogen (secondary N) is 1. The number of fused-ring (bicyclic) bond motifs is 1. The fraction of sp³-hybridized carbons (Fsp3) is 0.571. The van der Waals surface area contributed by atoms with Crippen LogP contribution in [-0.4, -0.2) is 20.7 Å². The van der Waals surface area contributed by atoms with Crippen LogP contribution in [0.4, 0.5) is 0 Å². The molecule has 1 atom stereocenters. The third-order valence-electron chi connectivity index (χ3n) is 3.63. The Balaban J connectivity index is 0.00000144. The summed E-state index contributed by atoms with van der Waals surface area (Å²) in [6.07, 6.45) is 3.60. The quantitative estimate of drug-likeness (QED) is 0.897. The molecule has 1 N–H and O–H groups in total. The van der Waals surface area contributed by atoms with Gasteiger partial charge in [0.15, 0.2) is 0 Å². The first kappa shape index (κ1) is 14.3. The Kier molecular flexibility index (Phi) is 4.84. The molecule has 1 aliphatic rings. The average Bonchev–Trinajstić information content (AvgIpc) is 2.28. The standard InChI is InChI=1S/C14H21NO.ClH/c1-14(10-15-2)7-6-11-8-13(16-3)5-4-12(11)9-14;/h4-5,8,15H,6-7,9-10H2,1-3H3;1H. The van der Waals surface area contributed by atoms with Crippen LogP contribution in [0, 0.1) is 5.41 Å². The number of halogens is 1. The average molecular weight is 256 g/mol. The van der Waals surface area contributed by atoms with Gasteiger partial charge in [0, 0.05) is 6.54 Å². The molecule has 2 rings (SSSR count). The fourth-order valence-electron chi connectivity index (χ4n) is 2.70. The van der Waals surface area contributed by atoms with E-state index < -0.39 is 0 Å². The maximum Gasteiger partial charge on any atom is 0.119 e. The van der Waals surface area contributed by atoms with Crippen molar-refractivity contribution in [3.05, 3.63) is 29.3 Å². The van der Waals surface area contributed by atoms with Crippen LogP contribution in [0.5, 0.6) is 5.75 Å². The monoisotopic (exact) mass is 255 g/mol. The second-order valence-electron chi connectivity index (χ2n) is 5.15. The van der Waals surface area contributed by atoms with Crippen molar-refractivity contribution in [3.8, 4) is 5.75 Å². The molecule has 0 spiro atoms. The Bertz CT molecular complexity index is 380. The zero-order valence-corrected chi connectivity index (χ0v) is 11.7. The topological polar surface area (TPSA) is 21.3 Å². The van der Waals surface area contributed by atoms with Crippen LogP contribution < -0.4 is 10.1 Å². The van der Waals surface area contributed by atoms with E-state index in [1.807, 2.05) is 7.05 Å². The Hall–Kier alpha value is -0.730. The normalized spacial score (nSPS) is 22.5. The number of aryl methyl sites for hydroxylation is 1. The molecule has 0 radical (unpaired) electrons. The van der Waals surface area contributed by atoms with E-state index in [2.05, 4.69) is 30.4 Å². The van der Waals surface area contributed by atoms with Crippen molar-refractivity contribution in [2.45, 2.75) is 26.2 Å². The summed E-state index contributed by atoms with van der Waals surface area (Å²) in [5.74, 6) is 0.982.